The summed E-state index contributed by atoms with van der Waals surface area (Å²) < 4.78 is 115. The highest BCUT2D eigenvalue weighted by molar-refractivity contribution is 9.11. The van der Waals surface area contributed by atoms with Gasteiger partial charge in [0.25, 0.3) is 17.7 Å². The fourth-order valence-electron chi connectivity index (χ4n) is 17.9. The molecule has 9 N–H and O–H groups in total. The van der Waals surface area contributed by atoms with E-state index in [2.05, 4.69) is 179 Å². The third-order valence-electron chi connectivity index (χ3n) is 23.8. The van der Waals surface area contributed by atoms with Crippen LogP contribution in [0, 0.1) is 5.95 Å². The summed E-state index contributed by atoms with van der Waals surface area (Å²) in [5.74, 6) is 0.454. The number of carbonyl (C=O) groups excluding carboxylic acids is 3. The van der Waals surface area contributed by atoms with Gasteiger partial charge in [0.15, 0.2) is 0 Å². The molecular weight excluding hydrogens is 1890 g/mol. The molecule has 40 heteroatoms. The van der Waals surface area contributed by atoms with Crippen molar-refractivity contribution < 1.29 is 68.6 Å². The molecule has 9 atom stereocenters. The molecule has 4 aliphatic heterocycles. The van der Waals surface area contributed by atoms with Crippen molar-refractivity contribution in [1.82, 2.24) is 50.3 Å². The second-order valence-electron chi connectivity index (χ2n) is 33.8. The summed E-state index contributed by atoms with van der Waals surface area (Å²) in [4.78, 5) is 70.7. The van der Waals surface area contributed by atoms with Crippen molar-refractivity contribution in [2.75, 3.05) is 41.3 Å². The molecular formula is C90H94BBr2Cl3F7N19O8. The van der Waals surface area contributed by atoms with Crippen LogP contribution in [0.1, 0.15) is 173 Å². The first-order chi connectivity index (χ1) is 61.6. The molecule has 684 valence electrons. The predicted molar refractivity (Wildman–Crippen MR) is 493 cm³/mol. The molecule has 0 bridgehead atoms. The van der Waals surface area contributed by atoms with Crippen molar-refractivity contribution in [1.29, 1.82) is 0 Å². The van der Waals surface area contributed by atoms with E-state index in [1.165, 1.54) is 85.2 Å². The fourth-order valence-corrected chi connectivity index (χ4v) is 19.6. The van der Waals surface area contributed by atoms with Crippen molar-refractivity contribution in [2.24, 2.45) is 5.73 Å². The lowest BCUT2D eigenvalue weighted by molar-refractivity contribution is -0.0972. The summed E-state index contributed by atoms with van der Waals surface area (Å²) in [6.07, 6.45) is 23.1. The Bertz CT molecular complexity index is 5730. The number of aromatic nitrogens is 10. The van der Waals surface area contributed by atoms with E-state index in [1.807, 2.05) is 76.2 Å². The topological polar surface area (TPSA) is 328 Å². The van der Waals surface area contributed by atoms with E-state index in [9.17, 15) is 45.1 Å². The fraction of sp³-hybridized carbons (Fsp3) is 0.367. The predicted octanol–water partition coefficient (Wildman–Crippen LogP) is 19.9. The normalized spacial score (nSPS) is 20.5. The van der Waals surface area contributed by atoms with Crippen LogP contribution in [-0.2, 0) is 9.31 Å². The quantitative estimate of drug-likeness (QED) is 0.0188. The zero-order chi connectivity index (χ0) is 93.1. The highest BCUT2D eigenvalue weighted by atomic mass is 79.9. The SMILES string of the molecule is CC(C)N1c2c(-c3ccn[nH]3)cc(C(=O)Nc3ccc(OC(F)(F)Cl)cc3)cc2C2CCC(Nc3cnccn3)C21.CC(C)N1c2c(Br)cc(C(=O)Nc3ccc(OC(F)(F)Cl)cc3)cc2C2CCC(N)C21.CC(C)N1c2c(Br)cc(C(=O)Nc3ccc(OC(F)(F)Cl)cc3)cc2C2CCC(Nc3cnccn3)C21.CC1(C)OB(c2ccn[nH]2)OC1(C)C.Fc1cnccn1. The Balaban J connectivity index is 0.000000142. The monoisotopic (exact) mass is 1980 g/mol. The number of hydrogen-bond donors (Lipinski definition) is 8. The molecule has 4 fully saturated rings. The van der Waals surface area contributed by atoms with Crippen LogP contribution in [0.2, 0.25) is 0 Å². The van der Waals surface area contributed by atoms with Crippen LogP contribution in [0.3, 0.4) is 0 Å². The molecule has 1 saturated heterocycles. The second kappa shape index (κ2) is 39.6. The van der Waals surface area contributed by atoms with Gasteiger partial charge in [-0.2, -0.15) is 14.6 Å². The highest BCUT2D eigenvalue weighted by Gasteiger charge is 2.54. The molecule has 9 heterocycles. The lowest BCUT2D eigenvalue weighted by atomic mass is 9.85. The molecule has 27 nitrogen and oxygen atoms in total. The van der Waals surface area contributed by atoms with Gasteiger partial charge >= 0.3 is 23.8 Å². The van der Waals surface area contributed by atoms with E-state index >= 15 is 0 Å². The van der Waals surface area contributed by atoms with Crippen LogP contribution in [0.4, 0.5) is 76.5 Å². The van der Waals surface area contributed by atoms with Crippen LogP contribution in [0.5, 0.6) is 17.2 Å². The average Bonchev–Trinajstić information content (AvgIpc) is 1.58. The lowest BCUT2D eigenvalue weighted by Crippen LogP contribution is -2.47. The highest BCUT2D eigenvalue weighted by Crippen LogP contribution is 2.57. The number of H-pyrrole nitrogens is 2. The molecule has 3 aliphatic carbocycles. The summed E-state index contributed by atoms with van der Waals surface area (Å²) in [6.45, 7) is 21.1. The number of nitrogens with one attached hydrogen (secondary N) is 7. The molecule has 7 aliphatic rings. The molecule has 0 spiro atoms. The van der Waals surface area contributed by atoms with Crippen molar-refractivity contribution in [2.45, 2.75) is 208 Å². The summed E-state index contributed by atoms with van der Waals surface area (Å²) >= 11 is 21.8. The minimum absolute atomic E-state index is 0.101. The Morgan fingerprint density at radius 2 is 0.854 bits per heavy atom. The van der Waals surface area contributed by atoms with Gasteiger partial charge in [-0.05, 0) is 278 Å². The Morgan fingerprint density at radius 1 is 0.485 bits per heavy atom. The first-order valence-electron chi connectivity index (χ1n) is 41.9. The third-order valence-corrected chi connectivity index (χ3v) is 25.2. The number of aromatic amines is 2. The number of fused-ring (bicyclic) bond motifs is 9. The Morgan fingerprint density at radius 3 is 1.21 bits per heavy atom. The van der Waals surface area contributed by atoms with Gasteiger partial charge in [0.05, 0.1) is 76.3 Å². The minimum atomic E-state index is -3.82. The summed E-state index contributed by atoms with van der Waals surface area (Å²) in [6, 6.07) is 33.7. The first-order valence-corrected chi connectivity index (χ1v) is 44.6. The van der Waals surface area contributed by atoms with E-state index in [0.717, 1.165) is 116 Å². The zero-order valence-electron chi connectivity index (χ0n) is 71.9. The number of halogens is 12. The smallest absolute Gasteiger partial charge is 0.420 e. The van der Waals surface area contributed by atoms with Gasteiger partial charge < -0.3 is 70.5 Å². The summed E-state index contributed by atoms with van der Waals surface area (Å²) in [7, 11) is -0.331. The molecule has 3 amide bonds. The van der Waals surface area contributed by atoms with Crippen LogP contribution < -0.4 is 66.8 Å². The van der Waals surface area contributed by atoms with Crippen molar-refractivity contribution in [3.8, 4) is 28.5 Å². The average molecular weight is 1980 g/mol. The molecule has 3 saturated carbocycles. The molecule has 9 unspecified atom stereocenters. The third kappa shape index (κ3) is 22.3. The molecule has 6 aromatic carbocycles. The molecule has 0 radical (unpaired) electrons. The van der Waals surface area contributed by atoms with Gasteiger partial charge in [0.2, 0.25) is 5.95 Å². The Labute approximate surface area is 777 Å². The van der Waals surface area contributed by atoms with Crippen LogP contribution in [0.15, 0.2) is 198 Å². The molecule has 130 heavy (non-hydrogen) atoms. The maximum absolute atomic E-state index is 13.5. The Hall–Kier alpha value is -10.9. The van der Waals surface area contributed by atoms with E-state index in [-0.39, 0.29) is 120 Å². The number of nitrogens with zero attached hydrogens (tertiary/aromatic N) is 11. The van der Waals surface area contributed by atoms with Crippen LogP contribution >= 0.6 is 66.7 Å². The number of ether oxygens (including phenoxy) is 3. The number of hydrogen-bond acceptors (Lipinski definition) is 22. The number of anilines is 8. The maximum atomic E-state index is 13.5. The first kappa shape index (κ1) is 95.2. The number of alkyl halides is 9. The van der Waals surface area contributed by atoms with Crippen molar-refractivity contribution >= 4 is 143 Å². The Kier molecular flexibility index (Phi) is 29.0. The van der Waals surface area contributed by atoms with Crippen LogP contribution in [0.25, 0.3) is 11.3 Å². The van der Waals surface area contributed by atoms with Gasteiger partial charge in [-0.1, -0.05) is 0 Å². The number of carbonyl (C=O) groups is 3. The van der Waals surface area contributed by atoms with Gasteiger partial charge in [-0.25, -0.2) is 15.0 Å². The van der Waals surface area contributed by atoms with E-state index in [0.29, 0.717) is 39.7 Å². The lowest BCUT2D eigenvalue weighted by Gasteiger charge is -2.36. The van der Waals surface area contributed by atoms with E-state index < -0.39 is 22.7 Å². The summed E-state index contributed by atoms with van der Waals surface area (Å²) in [5, 5.41) is 29.6. The maximum Gasteiger partial charge on any atom is 0.513 e. The molecule has 5 aromatic heterocycles. The molecule has 11 aromatic rings. The standard InChI is InChI=1S/C29H28ClF2N7O2.C26H25BrClF2N5O2.C22H23BrClF2N3O2.C9H15BN2O2.C4H3FN2/c1-16(2)39-26-21(20-7-8-24(27(20)39)37-25-15-33-11-12-34-25)13-17(14-22(26)23-9-10-35-38-23)28(40)36-18-3-5-19(6-4-18)41-29(30,31)32;1-14(2)35-23-19(18-7-8-21(24(18)35)34-22-13-31-9-10-32-22)11-15(12-20(23)27)25(36)33-16-3-5-17(6-4-16)37-26(28,29)30;1-11(2)29-19-16(15-7-8-18(27)20(15)29)9-12(10-17(19)23)21(30)28-13-3-5-14(6-4-13)31-22(24,25)26;1-8(2)9(3,4)14-10(13-8)7-5-6-11-12-7;5-4-3-6-1-2-7-4/h3-6,9-16,20,24,27H,7-8H2,1-2H3,(H,34,37)(H,35,38)(H,36,40);3-6,9-14,18,21,24H,7-8H2,1-2H3,(H,32,34)(H,33,36);3-6,9-11,15,18,20H,7-8,27H2,1-2H3,(H,28,30);5-6H,1-4H3,(H,11,12);1-3H. The number of rotatable bonds is 21. The zero-order valence-corrected chi connectivity index (χ0v) is 77.4. The number of amides is 3. The van der Waals surface area contributed by atoms with Crippen LogP contribution in [-0.4, -0.2) is 157 Å². The number of nitrogens with two attached hydrogens (primary N) is 1. The van der Waals surface area contributed by atoms with Crippen molar-refractivity contribution in [3.63, 3.8) is 0 Å². The number of benzene rings is 6. The largest absolute Gasteiger partial charge is 0.513 e. The van der Waals surface area contributed by atoms with Gasteiger partial charge in [0.1, 0.15) is 28.9 Å². The molecule has 18 rings (SSSR count). The van der Waals surface area contributed by atoms with Crippen molar-refractivity contribution in [3.05, 3.63) is 238 Å². The minimum Gasteiger partial charge on any atom is -0.420 e. The summed E-state index contributed by atoms with van der Waals surface area (Å²) in [5.41, 5.74) is 6.53. The van der Waals surface area contributed by atoms with E-state index in [1.54, 1.807) is 49.6 Å². The van der Waals surface area contributed by atoms with Gasteiger partial charge in [-0.15, -0.1) is 26.3 Å². The van der Waals surface area contributed by atoms with Gasteiger partial charge in [0, 0.05) is 187 Å². The second-order valence-corrected chi connectivity index (χ2v) is 36.8. The van der Waals surface area contributed by atoms with E-state index in [4.69, 9.17) is 49.8 Å². The van der Waals surface area contributed by atoms with Gasteiger partial charge in [-0.3, -0.25) is 39.5 Å².